The van der Waals surface area contributed by atoms with Crippen LogP contribution in [-0.4, -0.2) is 69.1 Å². The van der Waals surface area contributed by atoms with Gasteiger partial charge in [-0.1, -0.05) is 18.2 Å². The van der Waals surface area contributed by atoms with Gasteiger partial charge in [0.15, 0.2) is 6.23 Å². The Morgan fingerprint density at radius 3 is 2.60 bits per heavy atom. The zero-order chi connectivity index (χ0) is 18.1. The Balaban J connectivity index is 2.04. The quantitative estimate of drug-likeness (QED) is 0.539. The highest BCUT2D eigenvalue weighted by atomic mass is 16.6. The van der Waals surface area contributed by atoms with Crippen LogP contribution in [-0.2, 0) is 20.7 Å². The highest BCUT2D eigenvalue weighted by molar-refractivity contribution is 5.88. The molecule has 136 valence electrons. The number of aliphatic hydroxyl groups excluding tert-OH is 4. The van der Waals surface area contributed by atoms with Gasteiger partial charge < -0.3 is 34.5 Å². The third kappa shape index (κ3) is 3.14. The van der Waals surface area contributed by atoms with E-state index in [1.54, 1.807) is 22.9 Å². The van der Waals surface area contributed by atoms with Crippen molar-refractivity contribution in [3.05, 3.63) is 36.0 Å². The Hall–Kier alpha value is -1.97. The van der Waals surface area contributed by atoms with E-state index in [1.807, 2.05) is 12.1 Å². The van der Waals surface area contributed by atoms with Crippen molar-refractivity contribution in [1.82, 2.24) is 4.57 Å². The number of methoxy groups -OCH3 is 1. The number of rotatable bonds is 4. The molecule has 1 aliphatic rings. The van der Waals surface area contributed by atoms with Crippen LogP contribution in [0.25, 0.3) is 10.9 Å². The molecule has 0 radical (unpaired) electrons. The summed E-state index contributed by atoms with van der Waals surface area (Å²) in [5.74, 6) is -0.406. The van der Waals surface area contributed by atoms with Crippen LogP contribution in [0.1, 0.15) is 11.8 Å². The number of carbonyl (C=O) groups is 1. The van der Waals surface area contributed by atoms with Crippen LogP contribution < -0.4 is 0 Å². The average molecular weight is 351 g/mol. The second kappa shape index (κ2) is 7.11. The number of carbonyl (C=O) groups excluding carboxylic acids is 1. The fourth-order valence-corrected chi connectivity index (χ4v) is 3.17. The molecular formula is C17H21NO7. The van der Waals surface area contributed by atoms with E-state index in [0.29, 0.717) is 11.1 Å². The van der Waals surface area contributed by atoms with E-state index in [9.17, 15) is 25.2 Å². The average Bonchev–Trinajstić information content (AvgIpc) is 2.98. The molecule has 3 rings (SSSR count). The summed E-state index contributed by atoms with van der Waals surface area (Å²) < 4.78 is 11.9. The highest BCUT2D eigenvalue weighted by Crippen LogP contribution is 2.33. The van der Waals surface area contributed by atoms with Gasteiger partial charge in [0.05, 0.1) is 25.7 Å². The van der Waals surface area contributed by atoms with Crippen LogP contribution >= 0.6 is 0 Å². The lowest BCUT2D eigenvalue weighted by Gasteiger charge is -2.40. The smallest absolute Gasteiger partial charge is 0.310 e. The van der Waals surface area contributed by atoms with Gasteiger partial charge in [0.1, 0.15) is 24.4 Å². The highest BCUT2D eigenvalue weighted by Gasteiger charge is 2.44. The number of nitrogens with zero attached hydrogens (tertiary/aromatic N) is 1. The maximum absolute atomic E-state index is 11.6. The van der Waals surface area contributed by atoms with Crippen LogP contribution in [0.15, 0.2) is 30.5 Å². The molecule has 5 atom stereocenters. The Morgan fingerprint density at radius 2 is 1.92 bits per heavy atom. The number of hydrogen-bond donors (Lipinski definition) is 4. The van der Waals surface area contributed by atoms with Gasteiger partial charge in [-0.15, -0.1) is 0 Å². The monoisotopic (exact) mass is 351 g/mol. The number of benzene rings is 1. The molecule has 2 heterocycles. The number of aromatic nitrogens is 1. The Labute approximate surface area is 143 Å². The van der Waals surface area contributed by atoms with Gasteiger partial charge in [0.2, 0.25) is 0 Å². The summed E-state index contributed by atoms with van der Waals surface area (Å²) in [6, 6.07) is 7.23. The van der Waals surface area contributed by atoms with Crippen LogP contribution in [0, 0.1) is 0 Å². The van der Waals surface area contributed by atoms with Gasteiger partial charge in [0, 0.05) is 11.6 Å². The first-order chi connectivity index (χ1) is 12.0. The molecule has 0 spiro atoms. The predicted molar refractivity (Wildman–Crippen MR) is 86.7 cm³/mol. The molecular weight excluding hydrogens is 330 g/mol. The van der Waals surface area contributed by atoms with E-state index in [1.165, 1.54) is 7.11 Å². The van der Waals surface area contributed by atoms with Crippen molar-refractivity contribution in [3.8, 4) is 0 Å². The van der Waals surface area contributed by atoms with Gasteiger partial charge >= 0.3 is 5.97 Å². The molecule has 8 nitrogen and oxygen atoms in total. The Bertz CT molecular complexity index is 757. The van der Waals surface area contributed by atoms with Gasteiger partial charge in [0.25, 0.3) is 0 Å². The van der Waals surface area contributed by atoms with E-state index in [-0.39, 0.29) is 6.42 Å². The van der Waals surface area contributed by atoms with E-state index < -0.39 is 43.2 Å². The van der Waals surface area contributed by atoms with E-state index in [4.69, 9.17) is 9.47 Å². The van der Waals surface area contributed by atoms with Crippen LogP contribution in [0.5, 0.6) is 0 Å². The number of para-hydroxylation sites is 1. The number of esters is 1. The molecule has 2 aromatic rings. The molecule has 1 aliphatic heterocycles. The second-order valence-corrected chi connectivity index (χ2v) is 6.05. The fraction of sp³-hybridized carbons (Fsp3) is 0.471. The zero-order valence-corrected chi connectivity index (χ0v) is 13.6. The van der Waals surface area contributed by atoms with Crippen molar-refractivity contribution in [2.75, 3.05) is 13.7 Å². The van der Waals surface area contributed by atoms with E-state index in [0.717, 1.165) is 5.39 Å². The number of ether oxygens (including phenoxy) is 2. The number of aliphatic hydroxyl groups is 4. The van der Waals surface area contributed by atoms with Crippen molar-refractivity contribution in [1.29, 1.82) is 0 Å². The zero-order valence-electron chi connectivity index (χ0n) is 13.6. The standard InChI is InChI=1S/C17H21NO7/c1-24-13(20)6-9-7-18(11-5-3-2-4-10(9)11)17-16(23)15(22)14(21)12(8-19)25-17/h2-5,7,12,14-17,19,21-23H,6,8H2,1H3/t12-,14-,15+,16-,17?/m1/s1. The van der Waals surface area contributed by atoms with Crippen LogP contribution in [0.2, 0.25) is 0 Å². The summed E-state index contributed by atoms with van der Waals surface area (Å²) in [6.45, 7) is -0.504. The van der Waals surface area contributed by atoms with Crippen molar-refractivity contribution in [2.24, 2.45) is 0 Å². The number of fused-ring (bicyclic) bond motifs is 1. The first-order valence-electron chi connectivity index (χ1n) is 7.93. The maximum Gasteiger partial charge on any atom is 0.310 e. The summed E-state index contributed by atoms with van der Waals surface area (Å²) in [5.41, 5.74) is 1.37. The van der Waals surface area contributed by atoms with Gasteiger partial charge in [-0.05, 0) is 11.6 Å². The third-order valence-electron chi connectivity index (χ3n) is 4.53. The molecule has 0 aliphatic carbocycles. The van der Waals surface area contributed by atoms with Crippen molar-refractivity contribution < 1.29 is 34.7 Å². The van der Waals surface area contributed by atoms with E-state index >= 15 is 0 Å². The summed E-state index contributed by atoms with van der Waals surface area (Å²) in [6.07, 6.45) is -4.63. The molecule has 4 N–H and O–H groups in total. The first kappa shape index (κ1) is 17.8. The SMILES string of the molecule is COC(=O)Cc1cn(C2O[C@H](CO)[C@@H](O)[C@H](O)[C@H]2O)c2ccccc12. The molecule has 1 unspecified atom stereocenters. The molecule has 1 aromatic carbocycles. The van der Waals surface area contributed by atoms with Gasteiger partial charge in [-0.3, -0.25) is 4.79 Å². The van der Waals surface area contributed by atoms with Crippen molar-refractivity contribution in [2.45, 2.75) is 37.1 Å². The molecule has 1 fully saturated rings. The fourth-order valence-electron chi connectivity index (χ4n) is 3.17. The topological polar surface area (TPSA) is 121 Å². The first-order valence-corrected chi connectivity index (χ1v) is 7.93. The minimum absolute atomic E-state index is 0.0431. The largest absolute Gasteiger partial charge is 0.469 e. The van der Waals surface area contributed by atoms with Crippen LogP contribution in [0.3, 0.4) is 0 Å². The summed E-state index contributed by atoms with van der Waals surface area (Å²) in [4.78, 5) is 11.6. The lowest BCUT2D eigenvalue weighted by atomic mass is 9.98. The minimum atomic E-state index is -1.47. The second-order valence-electron chi connectivity index (χ2n) is 6.05. The summed E-state index contributed by atoms with van der Waals surface area (Å²) in [5, 5.41) is 40.4. The molecule has 0 amide bonds. The molecule has 1 aromatic heterocycles. The lowest BCUT2D eigenvalue weighted by molar-refractivity contribution is -0.250. The van der Waals surface area contributed by atoms with Crippen molar-refractivity contribution >= 4 is 16.9 Å². The van der Waals surface area contributed by atoms with Gasteiger partial charge in [-0.2, -0.15) is 0 Å². The molecule has 0 bridgehead atoms. The van der Waals surface area contributed by atoms with Crippen LogP contribution in [0.4, 0.5) is 0 Å². The molecule has 1 saturated heterocycles. The van der Waals surface area contributed by atoms with Crippen molar-refractivity contribution in [3.63, 3.8) is 0 Å². The molecule has 0 saturated carbocycles. The summed E-state index contributed by atoms with van der Waals surface area (Å²) >= 11 is 0. The Morgan fingerprint density at radius 1 is 1.20 bits per heavy atom. The van der Waals surface area contributed by atoms with Gasteiger partial charge in [-0.25, -0.2) is 0 Å². The predicted octanol–water partition coefficient (Wildman–Crippen LogP) is -0.671. The summed E-state index contributed by atoms with van der Waals surface area (Å²) in [7, 11) is 1.30. The molecule has 25 heavy (non-hydrogen) atoms. The normalized spacial score (nSPS) is 29.7. The maximum atomic E-state index is 11.6. The number of hydrogen-bond acceptors (Lipinski definition) is 7. The molecule has 8 heteroatoms. The lowest BCUT2D eigenvalue weighted by Crippen LogP contribution is -2.56. The third-order valence-corrected chi connectivity index (χ3v) is 4.53. The Kier molecular flexibility index (Phi) is 5.07. The van der Waals surface area contributed by atoms with E-state index in [2.05, 4.69) is 0 Å². The minimum Gasteiger partial charge on any atom is -0.469 e.